The van der Waals surface area contributed by atoms with Gasteiger partial charge in [-0.2, -0.15) is 0 Å². The summed E-state index contributed by atoms with van der Waals surface area (Å²) in [4.78, 5) is 22.1. The van der Waals surface area contributed by atoms with Crippen LogP contribution in [0.5, 0.6) is 0 Å². The van der Waals surface area contributed by atoms with Crippen LogP contribution in [0.15, 0.2) is 24.3 Å². The average Bonchev–Trinajstić information content (AvgIpc) is 2.82. The lowest BCUT2D eigenvalue weighted by Gasteiger charge is -2.31. The van der Waals surface area contributed by atoms with Crippen LogP contribution in [0.3, 0.4) is 0 Å². The monoisotopic (exact) mass is 279 g/mol. The van der Waals surface area contributed by atoms with Crippen LogP contribution in [-0.4, -0.2) is 46.4 Å². The zero-order valence-electron chi connectivity index (χ0n) is 10.9. The fraction of sp³-hybridized carbons (Fsp3) is 0.385. The third-order valence-corrected chi connectivity index (χ3v) is 3.34. The smallest absolute Gasteiger partial charge is 0.426 e. The number of amides is 1. The summed E-state index contributed by atoms with van der Waals surface area (Å²) in [5.74, 6) is -1.13. The Morgan fingerprint density at radius 1 is 1.35 bits per heavy atom. The van der Waals surface area contributed by atoms with E-state index in [0.29, 0.717) is 6.54 Å². The number of nitrogens with two attached hydrogens (primary N) is 1. The molecule has 1 aromatic carbocycles. The summed E-state index contributed by atoms with van der Waals surface area (Å²) in [6, 6.07) is 6.51. The molecule has 1 heterocycles. The lowest BCUT2D eigenvalue weighted by Crippen LogP contribution is -2.47. The maximum absolute atomic E-state index is 11.4. The first-order chi connectivity index (χ1) is 9.50. The second-order valence-corrected chi connectivity index (χ2v) is 4.64. The first kappa shape index (κ1) is 14.1. The van der Waals surface area contributed by atoms with Crippen molar-refractivity contribution in [3.63, 3.8) is 0 Å². The topological polar surface area (TPSA) is 107 Å². The molecule has 2 rings (SSSR count). The summed E-state index contributed by atoms with van der Waals surface area (Å²) in [5.41, 5.74) is 7.35. The zero-order valence-corrected chi connectivity index (χ0v) is 10.9. The predicted molar refractivity (Wildman–Crippen MR) is 72.5 cm³/mol. The Morgan fingerprint density at radius 3 is 2.70 bits per heavy atom. The number of carboxylic acids is 1. The highest BCUT2D eigenvalue weighted by Crippen LogP contribution is 2.28. The van der Waals surface area contributed by atoms with Crippen molar-refractivity contribution in [3.05, 3.63) is 29.8 Å². The Kier molecular flexibility index (Phi) is 4.09. The summed E-state index contributed by atoms with van der Waals surface area (Å²) in [6.07, 6.45) is -0.273. The molecule has 0 fully saturated rings. The largest absolute Gasteiger partial charge is 0.480 e. The van der Waals surface area contributed by atoms with Crippen LogP contribution in [0.2, 0.25) is 0 Å². The fourth-order valence-electron chi connectivity index (χ4n) is 2.28. The molecule has 1 aliphatic rings. The summed E-state index contributed by atoms with van der Waals surface area (Å²) >= 11 is 0. The van der Waals surface area contributed by atoms with Gasteiger partial charge in [0.2, 0.25) is 0 Å². The Morgan fingerprint density at radius 2 is 2.05 bits per heavy atom. The van der Waals surface area contributed by atoms with Crippen LogP contribution >= 0.6 is 0 Å². The van der Waals surface area contributed by atoms with E-state index in [-0.39, 0.29) is 13.0 Å². The van der Waals surface area contributed by atoms with Crippen LogP contribution in [0.4, 0.5) is 10.5 Å². The number of hydrogen-bond donors (Lipinski definition) is 3. The molecule has 1 atom stereocenters. The van der Waals surface area contributed by atoms with Crippen molar-refractivity contribution in [3.8, 4) is 0 Å². The van der Waals surface area contributed by atoms with Gasteiger partial charge in [0.25, 0.3) is 0 Å². The highest BCUT2D eigenvalue weighted by atomic mass is 16.4. The molecule has 7 nitrogen and oxygen atoms in total. The molecule has 7 heteroatoms. The maximum Gasteiger partial charge on any atom is 0.426 e. The number of nitrogens with zero attached hydrogens (tertiary/aromatic N) is 2. The van der Waals surface area contributed by atoms with E-state index in [1.54, 1.807) is 5.01 Å². The number of para-hydroxylation sites is 1. The number of anilines is 1. The second kappa shape index (κ2) is 5.79. The molecule has 0 radical (unpaired) electrons. The molecule has 0 saturated carbocycles. The molecule has 0 unspecified atom stereocenters. The van der Waals surface area contributed by atoms with Gasteiger partial charge in [0, 0.05) is 13.1 Å². The number of hydrazine groups is 1. The number of fused-ring (bicyclic) bond motifs is 1. The lowest BCUT2D eigenvalue weighted by atomic mass is 10.2. The van der Waals surface area contributed by atoms with Gasteiger partial charge in [-0.1, -0.05) is 18.2 Å². The standard InChI is InChI=1S/C13H17N3O4/c14-10(12(17)18)6-8-16(13(19)20)15-7-5-9-3-1-2-4-11(9)15/h1-4,10H,5-8,14H2,(H,17,18)(H,19,20)/t10-/m0/s1. The number of aliphatic carboxylic acids is 1. The fourth-order valence-corrected chi connectivity index (χ4v) is 2.28. The van der Waals surface area contributed by atoms with Crippen molar-refractivity contribution in [1.82, 2.24) is 5.01 Å². The van der Waals surface area contributed by atoms with Gasteiger partial charge >= 0.3 is 12.1 Å². The minimum atomic E-state index is -1.13. The van der Waals surface area contributed by atoms with Gasteiger partial charge in [-0.15, -0.1) is 0 Å². The summed E-state index contributed by atoms with van der Waals surface area (Å²) in [6.45, 7) is 0.616. The Labute approximate surface area is 116 Å². The number of carbonyl (C=O) groups is 2. The van der Waals surface area contributed by atoms with E-state index >= 15 is 0 Å². The SMILES string of the molecule is N[C@@H](CCN(C(=O)O)N1CCc2ccccc21)C(=O)O. The quantitative estimate of drug-likeness (QED) is 0.734. The van der Waals surface area contributed by atoms with Gasteiger partial charge < -0.3 is 15.9 Å². The highest BCUT2D eigenvalue weighted by Gasteiger charge is 2.28. The van der Waals surface area contributed by atoms with Crippen molar-refractivity contribution in [1.29, 1.82) is 0 Å². The molecule has 0 aliphatic carbocycles. The normalized spacial score (nSPS) is 14.8. The number of hydrogen-bond acceptors (Lipinski definition) is 4. The number of carboxylic acid groups (broad SMARTS) is 2. The first-order valence-corrected chi connectivity index (χ1v) is 6.35. The van der Waals surface area contributed by atoms with E-state index in [1.807, 2.05) is 24.3 Å². The van der Waals surface area contributed by atoms with Crippen LogP contribution in [-0.2, 0) is 11.2 Å². The van der Waals surface area contributed by atoms with E-state index in [0.717, 1.165) is 22.7 Å². The molecule has 108 valence electrons. The van der Waals surface area contributed by atoms with E-state index in [2.05, 4.69) is 0 Å². The van der Waals surface area contributed by atoms with Crippen molar-refractivity contribution < 1.29 is 19.8 Å². The molecule has 1 aromatic rings. The van der Waals surface area contributed by atoms with E-state index < -0.39 is 18.1 Å². The molecular formula is C13H17N3O4. The van der Waals surface area contributed by atoms with E-state index in [4.69, 9.17) is 10.8 Å². The Hall–Kier alpha value is -2.28. The summed E-state index contributed by atoms with van der Waals surface area (Å²) < 4.78 is 0. The maximum atomic E-state index is 11.4. The molecule has 0 saturated heterocycles. The predicted octanol–water partition coefficient (Wildman–Crippen LogP) is 0.746. The van der Waals surface area contributed by atoms with Gasteiger partial charge in [0.15, 0.2) is 0 Å². The third kappa shape index (κ3) is 2.83. The van der Waals surface area contributed by atoms with E-state index in [1.165, 1.54) is 0 Å². The zero-order chi connectivity index (χ0) is 14.7. The molecule has 1 amide bonds. The molecule has 1 aliphatic heterocycles. The second-order valence-electron chi connectivity index (χ2n) is 4.64. The van der Waals surface area contributed by atoms with Crippen LogP contribution < -0.4 is 10.7 Å². The minimum Gasteiger partial charge on any atom is -0.480 e. The molecule has 20 heavy (non-hydrogen) atoms. The molecule has 0 bridgehead atoms. The molecule has 4 N–H and O–H groups in total. The number of rotatable bonds is 5. The first-order valence-electron chi connectivity index (χ1n) is 6.35. The minimum absolute atomic E-state index is 0.0527. The van der Waals surface area contributed by atoms with Crippen molar-refractivity contribution in [2.75, 3.05) is 18.1 Å². The van der Waals surface area contributed by atoms with Gasteiger partial charge in [-0.25, -0.2) is 9.80 Å². The van der Waals surface area contributed by atoms with Gasteiger partial charge in [0.1, 0.15) is 6.04 Å². The van der Waals surface area contributed by atoms with Crippen LogP contribution in [0, 0.1) is 0 Å². The Balaban J connectivity index is 2.11. The van der Waals surface area contributed by atoms with Crippen molar-refractivity contribution in [2.45, 2.75) is 18.9 Å². The van der Waals surface area contributed by atoms with Crippen LogP contribution in [0.25, 0.3) is 0 Å². The van der Waals surface area contributed by atoms with Gasteiger partial charge in [-0.3, -0.25) is 9.80 Å². The summed E-state index contributed by atoms with van der Waals surface area (Å²) in [5, 5.41) is 20.9. The van der Waals surface area contributed by atoms with E-state index in [9.17, 15) is 14.7 Å². The summed E-state index contributed by atoms with van der Waals surface area (Å²) in [7, 11) is 0. The third-order valence-electron chi connectivity index (χ3n) is 3.34. The average molecular weight is 279 g/mol. The van der Waals surface area contributed by atoms with Gasteiger partial charge in [0.05, 0.1) is 5.69 Å². The van der Waals surface area contributed by atoms with Crippen LogP contribution in [0.1, 0.15) is 12.0 Å². The van der Waals surface area contributed by atoms with Crippen molar-refractivity contribution in [2.24, 2.45) is 5.73 Å². The van der Waals surface area contributed by atoms with Gasteiger partial charge in [-0.05, 0) is 24.5 Å². The highest BCUT2D eigenvalue weighted by molar-refractivity contribution is 5.73. The lowest BCUT2D eigenvalue weighted by molar-refractivity contribution is -0.138. The Bertz CT molecular complexity index is 520. The number of benzene rings is 1. The van der Waals surface area contributed by atoms with Crippen molar-refractivity contribution >= 4 is 17.7 Å². The molecule has 0 spiro atoms. The molecule has 0 aromatic heterocycles. The molecular weight excluding hydrogens is 262 g/mol.